The van der Waals surface area contributed by atoms with Gasteiger partial charge in [-0.1, -0.05) is 281 Å². The molecule has 0 atom stereocenters. The van der Waals surface area contributed by atoms with Crippen LogP contribution in [0.3, 0.4) is 0 Å². The summed E-state index contributed by atoms with van der Waals surface area (Å²) in [5.74, 6) is -1.32. The van der Waals surface area contributed by atoms with Gasteiger partial charge in [0.25, 0.3) is 0 Å². The first-order chi connectivity index (χ1) is 53.3. The zero-order valence-corrected chi connectivity index (χ0v) is 66.8. The number of benzene rings is 12. The van der Waals surface area contributed by atoms with Crippen molar-refractivity contribution in [1.82, 2.24) is 4.49 Å². The van der Waals surface area contributed by atoms with Crippen molar-refractivity contribution in [3.63, 3.8) is 0 Å². The highest BCUT2D eigenvalue weighted by Gasteiger charge is 2.56. The smallest absolute Gasteiger partial charge is 0.417 e. The van der Waals surface area contributed by atoms with Crippen LogP contribution in [-0.4, -0.2) is 27.9 Å². The fourth-order valence-corrected chi connectivity index (χ4v) is 24.0. The number of sulfonamides is 2. The van der Waals surface area contributed by atoms with Crippen molar-refractivity contribution in [2.45, 2.75) is 169 Å². The minimum Gasteiger partial charge on any atom is -0.417 e. The average molecular weight is 1580 g/mol. The van der Waals surface area contributed by atoms with Gasteiger partial charge in [-0.25, -0.2) is 8.42 Å². The first-order valence-corrected chi connectivity index (χ1v) is 44.5. The third-order valence-electron chi connectivity index (χ3n) is 20.4. The van der Waals surface area contributed by atoms with E-state index in [1.54, 1.807) is 72.8 Å². The van der Waals surface area contributed by atoms with E-state index < -0.39 is 46.4 Å². The Morgan fingerprint density at radius 3 is 0.784 bits per heavy atom. The van der Waals surface area contributed by atoms with E-state index in [4.69, 9.17) is 22.6 Å². The Hall–Kier alpha value is -9.22. The standard InChI is InChI=1S/C90H89F6N3O8P2S2/c1-9-25-57-41-58(26-10-2)46-69(45-57)77-53-65-33-17-21-37-73(65)81-82-74-38-22-18-34-66(74)54-78(70-47-59(27-11-3)42-60(48-70)28-12-4)86(82)105-108(104-85(77)81,98-110(100,101)89(91,92)93)97-109(99-111(102,103)90(94,95)96)106-87-79(71-49-61(29-13-5)43-62(50-71)30-14-6)55-67-35-19-23-39-75(67)83(87)84-76-40-24-20-36-68(76)56-80(88(84)107-109)72-51-63(31-15-7)44-64(52-72)32-16-8/h17-24,33-56,98H,9-16,25-32H2,1-8H3. The lowest BCUT2D eigenvalue weighted by molar-refractivity contribution is -0.0445. The predicted octanol–water partition coefficient (Wildman–Crippen LogP) is 27.3. The van der Waals surface area contributed by atoms with E-state index in [9.17, 15) is 0 Å². The third kappa shape index (κ3) is 15.6. The molecule has 111 heavy (non-hydrogen) atoms. The molecule has 2 aliphatic heterocycles. The number of hydrogen-bond acceptors (Lipinski definition) is 8. The molecule has 21 heteroatoms. The minimum atomic E-state index is -7.12. The fourth-order valence-electron chi connectivity index (χ4n) is 15.9. The summed E-state index contributed by atoms with van der Waals surface area (Å²) in [6, 6.07) is 59.7. The molecule has 576 valence electrons. The van der Waals surface area contributed by atoms with Crippen LogP contribution in [0.1, 0.15) is 151 Å². The van der Waals surface area contributed by atoms with Gasteiger partial charge in [0, 0.05) is 44.5 Å². The molecule has 12 aromatic carbocycles. The molecule has 0 radical (unpaired) electrons. The number of nitrogens with one attached hydrogen (secondary N) is 1. The molecule has 0 fully saturated rings. The average Bonchev–Trinajstić information content (AvgIpc) is 1.60. The summed E-state index contributed by atoms with van der Waals surface area (Å²) >= 11 is 0. The molecule has 2 heterocycles. The van der Waals surface area contributed by atoms with Gasteiger partial charge in [-0.15, -0.1) is 9.01 Å². The molecule has 12 aromatic rings. The quantitative estimate of drug-likeness (QED) is 0.0466. The van der Waals surface area contributed by atoms with Crippen LogP contribution in [0, 0.1) is 0 Å². The van der Waals surface area contributed by atoms with Crippen LogP contribution >= 0.6 is 15.3 Å². The van der Waals surface area contributed by atoms with Crippen LogP contribution in [0.15, 0.2) is 203 Å². The number of halogens is 6. The van der Waals surface area contributed by atoms with Gasteiger partial charge in [-0.05, 0) is 185 Å². The summed E-state index contributed by atoms with van der Waals surface area (Å²) in [6.45, 7) is 16.2. The molecule has 0 aliphatic carbocycles. The minimum absolute atomic E-state index is 0.165. The molecule has 1 N–H and O–H groups in total. The molecule has 2 aliphatic rings. The molecular weight excluding hydrogens is 1490 g/mol. The summed E-state index contributed by atoms with van der Waals surface area (Å²) in [4.78, 5) is 0. The van der Waals surface area contributed by atoms with Gasteiger partial charge in [0.15, 0.2) is 0 Å². The van der Waals surface area contributed by atoms with Gasteiger partial charge in [0.2, 0.25) is 0 Å². The van der Waals surface area contributed by atoms with Crippen LogP contribution in [0.25, 0.3) is 110 Å². The summed E-state index contributed by atoms with van der Waals surface area (Å²) in [6.07, 6.45) is 10.2. The molecule has 0 bridgehead atoms. The fraction of sp³-hybridized carbons (Fsp3) is 0.289. The van der Waals surface area contributed by atoms with Gasteiger partial charge < -0.3 is 18.1 Å². The van der Waals surface area contributed by atoms with Crippen molar-refractivity contribution in [3.8, 4) is 89.8 Å². The van der Waals surface area contributed by atoms with Crippen molar-refractivity contribution in [2.24, 2.45) is 8.67 Å². The molecule has 0 amide bonds. The normalized spacial score (nSPS) is 14.0. The number of aryl methyl sites for hydroxylation is 8. The number of hydrogen-bond donors (Lipinski definition) is 1. The molecule has 14 rings (SSSR count). The Morgan fingerprint density at radius 2 is 0.559 bits per heavy atom. The number of nitrogens with zero attached hydrogens (tertiary/aromatic N) is 2. The van der Waals surface area contributed by atoms with E-state index in [-0.39, 0.29) is 67.5 Å². The first kappa shape index (κ1) is 78.5. The van der Waals surface area contributed by atoms with Gasteiger partial charge in [0.05, 0.1) is 0 Å². The summed E-state index contributed by atoms with van der Waals surface area (Å²) in [5.41, 5.74) is -2.32. The highest BCUT2D eigenvalue weighted by atomic mass is 32.2. The third-order valence-corrected chi connectivity index (χ3v) is 28.7. The van der Waals surface area contributed by atoms with Crippen LogP contribution in [-0.2, 0) is 71.4 Å². The molecule has 0 saturated heterocycles. The van der Waals surface area contributed by atoms with E-state index in [1.807, 2.05) is 157 Å². The van der Waals surface area contributed by atoms with Crippen molar-refractivity contribution >= 4 is 78.5 Å². The summed E-state index contributed by atoms with van der Waals surface area (Å²) in [7, 11) is -27.0. The molecular formula is C90H89F6N3O8P2S2. The van der Waals surface area contributed by atoms with E-state index in [0.717, 1.165) is 44.5 Å². The Kier molecular flexibility index (Phi) is 22.4. The zero-order valence-electron chi connectivity index (χ0n) is 63.4. The number of alkyl halides is 6. The maximum atomic E-state index is 16.6. The SMILES string of the molecule is CCCc1cc(CCC)cc(-c2cc3ccccc3c3c2OP(=NS(=O)(=O)C(F)(F)F)(N=P2(NS(=O)(=O)C(F)(F)F)Oc4c(-c5cc(CCC)cc(CCC)c5)cc5ccccc5c4-c4c(c(-c5cc(CCC)cc(CCC)c5)cc5ccccc45)O2)Oc2c(-c4cc(CCC)cc(CCC)c4)cc4ccccc4c2-3)c1. The van der Waals surface area contributed by atoms with E-state index in [0.29, 0.717) is 168 Å². The van der Waals surface area contributed by atoms with Crippen molar-refractivity contribution in [2.75, 3.05) is 0 Å². The zero-order chi connectivity index (χ0) is 78.4. The summed E-state index contributed by atoms with van der Waals surface area (Å²) in [5, 5.41) is 4.07. The van der Waals surface area contributed by atoms with Gasteiger partial charge in [-0.3, -0.25) is 0 Å². The van der Waals surface area contributed by atoms with E-state index >= 15 is 43.2 Å². The molecule has 0 unspecified atom stereocenters. The van der Waals surface area contributed by atoms with Crippen LogP contribution in [0.2, 0.25) is 0 Å². The molecule has 11 nitrogen and oxygen atoms in total. The number of rotatable bonds is 24. The lowest BCUT2D eigenvalue weighted by atomic mass is 9.85. The monoisotopic (exact) mass is 1580 g/mol. The maximum Gasteiger partial charge on any atom is 0.518 e. The van der Waals surface area contributed by atoms with Gasteiger partial charge in [-0.2, -0.15) is 34.8 Å². The molecule has 0 saturated carbocycles. The number of fused-ring (bicyclic) bond motifs is 14. The van der Waals surface area contributed by atoms with Crippen LogP contribution in [0.5, 0.6) is 23.0 Å². The predicted molar refractivity (Wildman–Crippen MR) is 442 cm³/mol. The topological polar surface area (TPSA) is 142 Å². The Labute approximate surface area is 646 Å². The Bertz CT molecular complexity index is 5620. The largest absolute Gasteiger partial charge is 0.518 e. The van der Waals surface area contributed by atoms with Gasteiger partial charge >= 0.3 is 46.4 Å². The maximum absolute atomic E-state index is 16.6. The second-order valence-electron chi connectivity index (χ2n) is 29.1. The van der Waals surface area contributed by atoms with Crippen molar-refractivity contribution in [1.29, 1.82) is 0 Å². The van der Waals surface area contributed by atoms with Crippen molar-refractivity contribution < 1.29 is 61.3 Å². The Morgan fingerprint density at radius 1 is 0.324 bits per heavy atom. The van der Waals surface area contributed by atoms with E-state index in [1.165, 1.54) is 0 Å². The summed E-state index contributed by atoms with van der Waals surface area (Å²) < 4.78 is 202. The first-order valence-electron chi connectivity index (χ1n) is 38.5. The van der Waals surface area contributed by atoms with Crippen LogP contribution in [0.4, 0.5) is 26.3 Å². The van der Waals surface area contributed by atoms with Gasteiger partial charge in [0.1, 0.15) is 23.0 Å². The second kappa shape index (κ2) is 31.7. The van der Waals surface area contributed by atoms with E-state index in [2.05, 4.69) is 28.4 Å². The lowest BCUT2D eigenvalue weighted by Crippen LogP contribution is -2.37. The highest BCUT2D eigenvalue weighted by molar-refractivity contribution is 7.97. The van der Waals surface area contributed by atoms with Crippen molar-refractivity contribution in [3.05, 3.63) is 239 Å². The molecule has 0 aromatic heterocycles. The highest BCUT2D eigenvalue weighted by Crippen LogP contribution is 2.73. The molecule has 0 spiro atoms. The van der Waals surface area contributed by atoms with Crippen LogP contribution < -0.4 is 22.6 Å². The Balaban J connectivity index is 1.27. The second-order valence-corrected chi connectivity index (χ2v) is 36.8. The lowest BCUT2D eigenvalue weighted by Gasteiger charge is -2.29.